The summed E-state index contributed by atoms with van der Waals surface area (Å²) >= 11 is 0. The number of hydrogen-bond acceptors (Lipinski definition) is 4. The maximum atomic E-state index is 9.97. The summed E-state index contributed by atoms with van der Waals surface area (Å²) in [4.78, 5) is 0. The van der Waals surface area contributed by atoms with E-state index in [4.69, 9.17) is 5.10 Å². The Labute approximate surface area is 160 Å². The Bertz CT molecular complexity index is 847. The summed E-state index contributed by atoms with van der Waals surface area (Å²) in [6.07, 6.45) is 1.87. The van der Waals surface area contributed by atoms with Crippen LogP contribution in [0.3, 0.4) is 0 Å². The third-order valence-electron chi connectivity index (χ3n) is 5.10. The van der Waals surface area contributed by atoms with Gasteiger partial charge in [0.1, 0.15) is 0 Å². The van der Waals surface area contributed by atoms with Crippen molar-refractivity contribution < 1.29 is 5.11 Å². The molecule has 0 bridgehead atoms. The summed E-state index contributed by atoms with van der Waals surface area (Å²) in [5.41, 5.74) is 4.56. The molecule has 2 heterocycles. The summed E-state index contributed by atoms with van der Waals surface area (Å²) in [6.45, 7) is 3.85. The molecule has 4 rings (SSSR count). The highest BCUT2D eigenvalue weighted by Crippen LogP contribution is 2.22. The first-order chi connectivity index (χ1) is 13.3. The minimum atomic E-state index is -0.258. The molecular weight excluding hydrogens is 336 g/mol. The predicted octanol–water partition coefficient (Wildman–Crippen LogP) is 2.27. The van der Waals surface area contributed by atoms with Gasteiger partial charge in [-0.25, -0.2) is 0 Å². The van der Waals surface area contributed by atoms with Gasteiger partial charge < -0.3 is 15.7 Å². The summed E-state index contributed by atoms with van der Waals surface area (Å²) < 4.78 is 2.01. The van der Waals surface area contributed by atoms with Crippen LogP contribution in [0.1, 0.15) is 11.1 Å². The zero-order valence-electron chi connectivity index (χ0n) is 15.4. The van der Waals surface area contributed by atoms with Crippen LogP contribution < -0.4 is 10.6 Å². The fourth-order valence-corrected chi connectivity index (χ4v) is 3.60. The summed E-state index contributed by atoms with van der Waals surface area (Å²) in [6, 6.07) is 20.7. The Morgan fingerprint density at radius 2 is 1.78 bits per heavy atom. The highest BCUT2D eigenvalue weighted by Gasteiger charge is 2.24. The van der Waals surface area contributed by atoms with Crippen LogP contribution in [0.4, 0.5) is 0 Å². The van der Waals surface area contributed by atoms with E-state index in [1.54, 1.807) is 0 Å². The molecule has 5 nitrogen and oxygen atoms in total. The molecule has 27 heavy (non-hydrogen) atoms. The lowest BCUT2D eigenvalue weighted by molar-refractivity contribution is 0.146. The van der Waals surface area contributed by atoms with Crippen LogP contribution in [0.2, 0.25) is 0 Å². The maximum absolute atomic E-state index is 9.97. The zero-order valence-corrected chi connectivity index (χ0v) is 15.4. The normalized spacial score (nSPS) is 19.4. The van der Waals surface area contributed by atoms with Crippen molar-refractivity contribution in [3.05, 3.63) is 78.0 Å². The molecule has 0 spiro atoms. The molecule has 1 aliphatic heterocycles. The van der Waals surface area contributed by atoms with Crippen LogP contribution >= 0.6 is 0 Å². The monoisotopic (exact) mass is 362 g/mol. The van der Waals surface area contributed by atoms with Crippen molar-refractivity contribution in [2.45, 2.75) is 19.2 Å². The number of β-amino-alcohol motifs (C(OH)–C–C–N with tert-alkyl or cyclic N) is 1. The molecule has 2 atom stereocenters. The van der Waals surface area contributed by atoms with Crippen molar-refractivity contribution in [3.8, 4) is 11.3 Å². The lowest BCUT2D eigenvalue weighted by Crippen LogP contribution is -2.30. The van der Waals surface area contributed by atoms with Gasteiger partial charge in [0, 0.05) is 49.4 Å². The van der Waals surface area contributed by atoms with Gasteiger partial charge in [0.05, 0.1) is 18.3 Å². The third kappa shape index (κ3) is 4.45. The number of aliphatic hydroxyl groups is 1. The minimum Gasteiger partial charge on any atom is -0.391 e. The first-order valence-electron chi connectivity index (χ1n) is 9.55. The quantitative estimate of drug-likeness (QED) is 0.603. The number of rotatable bonds is 7. The lowest BCUT2D eigenvalue weighted by atomic mass is 10.1. The van der Waals surface area contributed by atoms with Crippen molar-refractivity contribution in [1.29, 1.82) is 0 Å². The molecule has 5 heteroatoms. The van der Waals surface area contributed by atoms with Gasteiger partial charge in [-0.05, 0) is 5.56 Å². The van der Waals surface area contributed by atoms with Gasteiger partial charge in [0.15, 0.2) is 0 Å². The molecule has 3 N–H and O–H groups in total. The van der Waals surface area contributed by atoms with Gasteiger partial charge in [-0.2, -0.15) is 5.10 Å². The molecule has 2 unspecified atom stereocenters. The Kier molecular flexibility index (Phi) is 5.63. The van der Waals surface area contributed by atoms with Gasteiger partial charge in [-0.1, -0.05) is 60.7 Å². The van der Waals surface area contributed by atoms with Crippen molar-refractivity contribution in [2.24, 2.45) is 5.92 Å². The van der Waals surface area contributed by atoms with Crippen LogP contribution in [-0.4, -0.2) is 40.6 Å². The number of hydrogen-bond donors (Lipinski definition) is 3. The van der Waals surface area contributed by atoms with E-state index < -0.39 is 0 Å². The summed E-state index contributed by atoms with van der Waals surface area (Å²) in [5.74, 6) is 0.268. The first-order valence-corrected chi connectivity index (χ1v) is 9.55. The summed E-state index contributed by atoms with van der Waals surface area (Å²) in [5, 5.41) is 21.6. The Morgan fingerprint density at radius 1 is 1.04 bits per heavy atom. The molecule has 1 fully saturated rings. The van der Waals surface area contributed by atoms with Crippen molar-refractivity contribution >= 4 is 0 Å². The van der Waals surface area contributed by atoms with Gasteiger partial charge in [0.2, 0.25) is 0 Å². The molecule has 3 aromatic rings. The van der Waals surface area contributed by atoms with E-state index in [0.29, 0.717) is 6.54 Å². The standard InChI is InChI=1S/C22H26N4O/c27-21-14-24-12-19(21)11-23-13-20-16-26(15-17-7-3-1-4-8-17)25-22(20)18-9-5-2-6-10-18/h1-10,16,19,21,23-24,27H,11-15H2. The van der Waals surface area contributed by atoms with E-state index in [1.165, 1.54) is 11.1 Å². The highest BCUT2D eigenvalue weighted by atomic mass is 16.3. The molecule has 1 aliphatic rings. The van der Waals surface area contributed by atoms with E-state index in [2.05, 4.69) is 53.2 Å². The minimum absolute atomic E-state index is 0.258. The van der Waals surface area contributed by atoms with E-state index in [-0.39, 0.29) is 12.0 Å². The van der Waals surface area contributed by atoms with E-state index >= 15 is 0 Å². The smallest absolute Gasteiger partial charge is 0.0968 e. The van der Waals surface area contributed by atoms with Gasteiger partial charge in [-0.3, -0.25) is 4.68 Å². The van der Waals surface area contributed by atoms with E-state index in [9.17, 15) is 5.11 Å². The van der Waals surface area contributed by atoms with Crippen LogP contribution in [0.5, 0.6) is 0 Å². The number of nitrogens with zero attached hydrogens (tertiary/aromatic N) is 2. The zero-order chi connectivity index (χ0) is 18.5. The SMILES string of the molecule is OC1CNCC1CNCc1cn(Cc2ccccc2)nc1-c1ccccc1. The van der Waals surface area contributed by atoms with Crippen LogP contribution in [0.15, 0.2) is 66.9 Å². The Morgan fingerprint density at radius 3 is 2.48 bits per heavy atom. The maximum Gasteiger partial charge on any atom is 0.0968 e. The van der Waals surface area contributed by atoms with Crippen LogP contribution in [-0.2, 0) is 13.1 Å². The van der Waals surface area contributed by atoms with Crippen LogP contribution in [0, 0.1) is 5.92 Å². The van der Waals surface area contributed by atoms with E-state index in [1.807, 2.05) is 28.9 Å². The second-order valence-electron chi connectivity index (χ2n) is 7.17. The topological polar surface area (TPSA) is 62.1 Å². The van der Waals surface area contributed by atoms with Crippen molar-refractivity contribution in [1.82, 2.24) is 20.4 Å². The fraction of sp³-hybridized carbons (Fsp3) is 0.318. The molecule has 140 valence electrons. The molecule has 2 aromatic carbocycles. The highest BCUT2D eigenvalue weighted by molar-refractivity contribution is 5.62. The average Bonchev–Trinajstić information content (AvgIpc) is 3.30. The number of aromatic nitrogens is 2. The molecule has 0 amide bonds. The molecule has 1 saturated heterocycles. The van der Waals surface area contributed by atoms with Crippen molar-refractivity contribution in [3.63, 3.8) is 0 Å². The number of nitrogens with one attached hydrogen (secondary N) is 2. The largest absolute Gasteiger partial charge is 0.391 e. The third-order valence-corrected chi connectivity index (χ3v) is 5.10. The van der Waals surface area contributed by atoms with Crippen molar-refractivity contribution in [2.75, 3.05) is 19.6 Å². The van der Waals surface area contributed by atoms with Gasteiger partial charge >= 0.3 is 0 Å². The molecule has 0 saturated carbocycles. The predicted molar refractivity (Wildman–Crippen MR) is 107 cm³/mol. The second kappa shape index (κ2) is 8.48. The van der Waals surface area contributed by atoms with Crippen LogP contribution in [0.25, 0.3) is 11.3 Å². The number of benzene rings is 2. The van der Waals surface area contributed by atoms with E-state index in [0.717, 1.165) is 37.4 Å². The molecule has 0 radical (unpaired) electrons. The van der Waals surface area contributed by atoms with Gasteiger partial charge in [0.25, 0.3) is 0 Å². The lowest BCUT2D eigenvalue weighted by Gasteiger charge is -2.14. The molecular formula is C22H26N4O. The van der Waals surface area contributed by atoms with Gasteiger partial charge in [-0.15, -0.1) is 0 Å². The Balaban J connectivity index is 1.51. The number of aliphatic hydroxyl groups excluding tert-OH is 1. The fourth-order valence-electron chi connectivity index (χ4n) is 3.60. The molecule has 0 aliphatic carbocycles. The summed E-state index contributed by atoms with van der Waals surface area (Å²) in [7, 11) is 0. The Hall–Kier alpha value is -2.47. The first kappa shape index (κ1) is 17.9. The second-order valence-corrected chi connectivity index (χ2v) is 7.17. The molecule has 1 aromatic heterocycles. The average molecular weight is 362 g/mol.